The second kappa shape index (κ2) is 6.22. The van der Waals surface area contributed by atoms with E-state index in [9.17, 15) is 13.6 Å². The summed E-state index contributed by atoms with van der Waals surface area (Å²) in [6.45, 7) is 1.83. The van der Waals surface area contributed by atoms with Gasteiger partial charge in [0.1, 0.15) is 6.61 Å². The Kier molecular flexibility index (Phi) is 4.57. The van der Waals surface area contributed by atoms with Crippen LogP contribution in [-0.4, -0.2) is 5.91 Å². The third-order valence-corrected chi connectivity index (χ3v) is 3.43. The molecule has 0 aliphatic heterocycles. The first-order valence-corrected chi connectivity index (χ1v) is 6.84. The number of hydrogen-bond acceptors (Lipinski definition) is 2. The second-order valence-electron chi connectivity index (χ2n) is 4.49. The third-order valence-electron chi connectivity index (χ3n) is 2.97. The quantitative estimate of drug-likeness (QED) is 0.849. The molecule has 0 fully saturated rings. The number of amides is 1. The molecule has 0 bridgehead atoms. The van der Waals surface area contributed by atoms with Crippen LogP contribution in [0, 0.1) is 18.6 Å². The summed E-state index contributed by atoms with van der Waals surface area (Å²) in [7, 11) is 0. The van der Waals surface area contributed by atoms with Crippen LogP contribution in [0.25, 0.3) is 0 Å². The molecule has 0 heterocycles. The molecule has 0 saturated heterocycles. The average molecular weight is 356 g/mol. The van der Waals surface area contributed by atoms with Gasteiger partial charge in [-0.05, 0) is 42.3 Å². The van der Waals surface area contributed by atoms with E-state index in [1.807, 2.05) is 0 Å². The molecule has 110 valence electrons. The van der Waals surface area contributed by atoms with Gasteiger partial charge in [0.05, 0.1) is 0 Å². The van der Waals surface area contributed by atoms with Gasteiger partial charge < -0.3 is 10.5 Å². The summed E-state index contributed by atoms with van der Waals surface area (Å²) >= 11 is 3.08. The highest BCUT2D eigenvalue weighted by Crippen LogP contribution is 2.26. The van der Waals surface area contributed by atoms with Crippen molar-refractivity contribution < 1.29 is 18.3 Å². The van der Waals surface area contributed by atoms with Crippen molar-refractivity contribution in [3.8, 4) is 5.75 Å². The highest BCUT2D eigenvalue weighted by molar-refractivity contribution is 9.10. The first kappa shape index (κ1) is 15.4. The Morgan fingerprint density at radius 2 is 2.00 bits per heavy atom. The lowest BCUT2D eigenvalue weighted by atomic mass is 10.1. The zero-order valence-corrected chi connectivity index (χ0v) is 12.7. The van der Waals surface area contributed by atoms with Gasteiger partial charge in [0.15, 0.2) is 11.6 Å². The van der Waals surface area contributed by atoms with Crippen LogP contribution < -0.4 is 10.5 Å². The van der Waals surface area contributed by atoms with Crippen molar-refractivity contribution in [2.24, 2.45) is 5.73 Å². The molecule has 2 aromatic rings. The summed E-state index contributed by atoms with van der Waals surface area (Å²) in [5.41, 5.74) is 7.10. The van der Waals surface area contributed by atoms with Gasteiger partial charge in [-0.15, -0.1) is 0 Å². The fourth-order valence-corrected chi connectivity index (χ4v) is 2.21. The van der Waals surface area contributed by atoms with Crippen LogP contribution in [0.1, 0.15) is 21.5 Å². The number of benzene rings is 2. The SMILES string of the molecule is Cc1cc(C(N)=O)ccc1COc1cc(Br)cc(F)c1F. The van der Waals surface area contributed by atoms with Crippen LogP contribution in [0.15, 0.2) is 34.8 Å². The molecule has 0 saturated carbocycles. The van der Waals surface area contributed by atoms with E-state index in [1.54, 1.807) is 25.1 Å². The van der Waals surface area contributed by atoms with E-state index in [-0.39, 0.29) is 12.4 Å². The minimum Gasteiger partial charge on any atom is -0.486 e. The third kappa shape index (κ3) is 3.58. The van der Waals surface area contributed by atoms with Gasteiger partial charge in [0.25, 0.3) is 0 Å². The van der Waals surface area contributed by atoms with Crippen molar-refractivity contribution in [2.75, 3.05) is 0 Å². The van der Waals surface area contributed by atoms with Gasteiger partial charge in [-0.3, -0.25) is 4.79 Å². The number of carbonyl (C=O) groups is 1. The summed E-state index contributed by atoms with van der Waals surface area (Å²) in [6, 6.07) is 7.23. The van der Waals surface area contributed by atoms with E-state index in [2.05, 4.69) is 15.9 Å². The number of nitrogens with two attached hydrogens (primary N) is 1. The summed E-state index contributed by atoms with van der Waals surface area (Å²) in [5.74, 6) is -2.73. The smallest absolute Gasteiger partial charge is 0.248 e. The lowest BCUT2D eigenvalue weighted by Crippen LogP contribution is -2.11. The zero-order chi connectivity index (χ0) is 15.6. The summed E-state index contributed by atoms with van der Waals surface area (Å²) < 4.78 is 32.5. The van der Waals surface area contributed by atoms with Crippen molar-refractivity contribution in [3.05, 3.63) is 63.1 Å². The molecule has 0 aliphatic rings. The van der Waals surface area contributed by atoms with Gasteiger partial charge >= 0.3 is 0 Å². The van der Waals surface area contributed by atoms with Crippen LogP contribution in [0.4, 0.5) is 8.78 Å². The maximum absolute atomic E-state index is 13.6. The van der Waals surface area contributed by atoms with E-state index in [1.165, 1.54) is 6.07 Å². The molecule has 0 aromatic heterocycles. The zero-order valence-electron chi connectivity index (χ0n) is 11.1. The summed E-state index contributed by atoms with van der Waals surface area (Å²) in [6.07, 6.45) is 0. The fourth-order valence-electron chi connectivity index (χ4n) is 1.80. The first-order valence-electron chi connectivity index (χ1n) is 6.05. The van der Waals surface area contributed by atoms with Crippen LogP contribution in [-0.2, 0) is 6.61 Å². The molecule has 2 N–H and O–H groups in total. The van der Waals surface area contributed by atoms with E-state index in [0.717, 1.165) is 17.2 Å². The monoisotopic (exact) mass is 355 g/mol. The number of hydrogen-bond donors (Lipinski definition) is 1. The molecule has 0 atom stereocenters. The molecule has 2 rings (SSSR count). The largest absolute Gasteiger partial charge is 0.486 e. The fraction of sp³-hybridized carbons (Fsp3) is 0.133. The molecule has 2 aromatic carbocycles. The molecule has 1 amide bonds. The van der Waals surface area contributed by atoms with Crippen molar-refractivity contribution in [3.63, 3.8) is 0 Å². The lowest BCUT2D eigenvalue weighted by Gasteiger charge is -2.11. The molecule has 3 nitrogen and oxygen atoms in total. The van der Waals surface area contributed by atoms with Crippen molar-refractivity contribution in [2.45, 2.75) is 13.5 Å². The van der Waals surface area contributed by atoms with E-state index in [4.69, 9.17) is 10.5 Å². The average Bonchev–Trinajstić information content (AvgIpc) is 2.42. The molecular formula is C15H12BrF2NO2. The molecule has 0 unspecified atom stereocenters. The Hall–Kier alpha value is -1.95. The van der Waals surface area contributed by atoms with Gasteiger partial charge in [0, 0.05) is 10.0 Å². The predicted octanol–water partition coefficient (Wildman–Crippen LogP) is 3.71. The standard InChI is InChI=1S/C15H12BrF2NO2/c1-8-4-9(15(19)20)2-3-10(8)7-21-13-6-11(16)5-12(17)14(13)18/h2-6H,7H2,1H3,(H2,19,20). The Labute approximate surface area is 128 Å². The Balaban J connectivity index is 2.19. The van der Waals surface area contributed by atoms with E-state index >= 15 is 0 Å². The first-order chi connectivity index (χ1) is 9.88. The van der Waals surface area contributed by atoms with Crippen molar-refractivity contribution in [1.29, 1.82) is 0 Å². The predicted molar refractivity (Wildman–Crippen MR) is 78.1 cm³/mol. The van der Waals surface area contributed by atoms with Crippen molar-refractivity contribution in [1.82, 2.24) is 0 Å². The second-order valence-corrected chi connectivity index (χ2v) is 5.41. The number of aryl methyl sites for hydroxylation is 1. The number of ether oxygens (including phenoxy) is 1. The highest BCUT2D eigenvalue weighted by Gasteiger charge is 2.12. The van der Waals surface area contributed by atoms with Gasteiger partial charge in [-0.1, -0.05) is 22.0 Å². The highest BCUT2D eigenvalue weighted by atomic mass is 79.9. The number of rotatable bonds is 4. The topological polar surface area (TPSA) is 52.3 Å². The van der Waals surface area contributed by atoms with Crippen LogP contribution in [0.5, 0.6) is 5.75 Å². The van der Waals surface area contributed by atoms with Gasteiger partial charge in [0.2, 0.25) is 11.7 Å². The van der Waals surface area contributed by atoms with Gasteiger partial charge in [-0.2, -0.15) is 4.39 Å². The van der Waals surface area contributed by atoms with Crippen LogP contribution >= 0.6 is 15.9 Å². The summed E-state index contributed by atoms with van der Waals surface area (Å²) in [5, 5.41) is 0. The number of primary amides is 1. The van der Waals surface area contributed by atoms with E-state index in [0.29, 0.717) is 10.0 Å². The Bertz CT molecular complexity index is 704. The molecule has 0 spiro atoms. The normalized spacial score (nSPS) is 10.5. The minimum absolute atomic E-state index is 0.0533. The van der Waals surface area contributed by atoms with Gasteiger partial charge in [-0.25, -0.2) is 4.39 Å². The molecule has 0 aliphatic carbocycles. The lowest BCUT2D eigenvalue weighted by molar-refractivity contribution is 0.1000. The molecule has 21 heavy (non-hydrogen) atoms. The summed E-state index contributed by atoms with van der Waals surface area (Å²) in [4.78, 5) is 11.1. The Morgan fingerprint density at radius 1 is 1.29 bits per heavy atom. The maximum atomic E-state index is 13.6. The number of carbonyl (C=O) groups excluding carboxylic acids is 1. The van der Waals surface area contributed by atoms with E-state index < -0.39 is 17.5 Å². The van der Waals surface area contributed by atoms with Crippen molar-refractivity contribution >= 4 is 21.8 Å². The number of halogens is 3. The van der Waals surface area contributed by atoms with Crippen LogP contribution in [0.3, 0.4) is 0 Å². The Morgan fingerprint density at radius 3 is 2.62 bits per heavy atom. The maximum Gasteiger partial charge on any atom is 0.248 e. The molecule has 0 radical (unpaired) electrons. The van der Waals surface area contributed by atoms with Crippen LogP contribution in [0.2, 0.25) is 0 Å². The minimum atomic E-state index is -1.04. The molecule has 6 heteroatoms. The molecular weight excluding hydrogens is 344 g/mol.